The van der Waals surface area contributed by atoms with Crippen LogP contribution in [0.25, 0.3) is 33.0 Å². The number of aliphatic hydroxyl groups excluding tert-OH is 1. The number of nitrogens with one attached hydrogen (secondary N) is 1. The third kappa shape index (κ3) is 7.27. The van der Waals surface area contributed by atoms with Crippen LogP contribution in [0.4, 0.5) is 5.82 Å². The number of aliphatic hydroxyl groups is 1. The molecule has 5 aromatic rings. The van der Waals surface area contributed by atoms with Crippen LogP contribution in [0.2, 0.25) is 0 Å². The molecule has 7 nitrogen and oxygen atoms in total. The highest BCUT2D eigenvalue weighted by molar-refractivity contribution is 6.09. The molecule has 3 heterocycles. The molecule has 0 radical (unpaired) electrons. The van der Waals surface area contributed by atoms with Gasteiger partial charge >= 0.3 is 0 Å². The highest BCUT2D eigenvalue weighted by Gasteiger charge is 2.14. The first-order valence-corrected chi connectivity index (χ1v) is 11.6. The maximum atomic E-state index is 8.00. The Bertz CT molecular complexity index is 1360. The van der Waals surface area contributed by atoms with Crippen molar-refractivity contribution in [2.24, 2.45) is 5.73 Å². The highest BCUT2D eigenvalue weighted by atomic mass is 16.2. The van der Waals surface area contributed by atoms with Crippen molar-refractivity contribution in [3.63, 3.8) is 0 Å². The van der Waals surface area contributed by atoms with Crippen molar-refractivity contribution in [2.75, 3.05) is 19.5 Å². The number of nitrogens with two attached hydrogens (primary N) is 1. The molecular weight excluding hydrogens is 462 g/mol. The second-order valence-corrected chi connectivity index (χ2v) is 7.54. The number of fused-ring (bicyclic) bond motifs is 1. The van der Waals surface area contributed by atoms with Gasteiger partial charge in [0.15, 0.2) is 0 Å². The monoisotopic (exact) mass is 495 g/mol. The van der Waals surface area contributed by atoms with Crippen molar-refractivity contribution in [1.29, 1.82) is 0 Å². The van der Waals surface area contributed by atoms with Crippen LogP contribution >= 0.6 is 0 Å². The van der Waals surface area contributed by atoms with Crippen LogP contribution in [0.1, 0.15) is 11.3 Å². The number of aryl methyl sites for hydroxylation is 1. The quantitative estimate of drug-likeness (QED) is 0.304. The molecule has 0 aliphatic rings. The first kappa shape index (κ1) is 28.8. The molecule has 0 fully saturated rings. The van der Waals surface area contributed by atoms with E-state index in [4.69, 9.17) is 14.9 Å². The van der Waals surface area contributed by atoms with E-state index in [1.807, 2.05) is 55.8 Å². The van der Waals surface area contributed by atoms with Gasteiger partial charge in [0, 0.05) is 48.4 Å². The van der Waals surface area contributed by atoms with Crippen LogP contribution in [0.15, 0.2) is 97.6 Å². The van der Waals surface area contributed by atoms with Gasteiger partial charge < -0.3 is 21.0 Å². The molecule has 0 amide bonds. The van der Waals surface area contributed by atoms with Crippen molar-refractivity contribution in [1.82, 2.24) is 15.0 Å². The second-order valence-electron chi connectivity index (χ2n) is 7.54. The molecule has 0 saturated heterocycles. The van der Waals surface area contributed by atoms with Gasteiger partial charge in [-0.15, -0.1) is 0 Å². The number of hydrogen-bond donors (Lipinski definition) is 3. The Kier molecular flexibility index (Phi) is 12.1. The molecule has 5 rings (SSSR count). The van der Waals surface area contributed by atoms with Gasteiger partial charge in [-0.25, -0.2) is 4.98 Å². The van der Waals surface area contributed by atoms with E-state index in [2.05, 4.69) is 76.5 Å². The molecular formula is C30H33N5O2. The van der Waals surface area contributed by atoms with E-state index in [0.717, 1.165) is 57.2 Å². The summed E-state index contributed by atoms with van der Waals surface area (Å²) in [5.74, 6) is 0.851. The van der Waals surface area contributed by atoms with Gasteiger partial charge in [0.25, 0.3) is 0 Å². The second kappa shape index (κ2) is 15.5. The lowest BCUT2D eigenvalue weighted by atomic mass is 9.94. The molecule has 2 aromatic carbocycles. The van der Waals surface area contributed by atoms with Crippen LogP contribution in [0, 0.1) is 6.92 Å². The maximum absolute atomic E-state index is 8.00. The zero-order valence-electron chi connectivity index (χ0n) is 21.4. The van der Waals surface area contributed by atoms with Crippen molar-refractivity contribution in [2.45, 2.75) is 13.5 Å². The van der Waals surface area contributed by atoms with E-state index in [1.54, 1.807) is 0 Å². The van der Waals surface area contributed by atoms with Gasteiger partial charge in [-0.05, 0) is 54.2 Å². The largest absolute Gasteiger partial charge is 0.400 e. The van der Waals surface area contributed by atoms with Crippen molar-refractivity contribution in [3.05, 3.63) is 109 Å². The molecule has 4 N–H and O–H groups in total. The lowest BCUT2D eigenvalue weighted by Gasteiger charge is -2.16. The Balaban J connectivity index is 0.000000750. The summed E-state index contributed by atoms with van der Waals surface area (Å²) in [4.78, 5) is 21.7. The first-order valence-electron chi connectivity index (χ1n) is 11.6. The standard InChI is InChI=1S/C27H22N4.CH5N.CH4O.CH2O/c1-19-14-21(16-28-15-19)25-18-31-27(30-17-22-10-5-6-13-29-22)26-23(11-7-12-24(25)26)20-8-3-2-4-9-20;3*1-2/h2-16,18H,17H2,1H3,(H,30,31);2H2,1H3;2H,1H3;1H2. The number of rotatable bonds is 5. The fraction of sp³-hybridized carbons (Fsp3) is 0.133. The number of carbonyl (C=O) groups excluding carboxylic acids is 1. The van der Waals surface area contributed by atoms with Crippen LogP contribution < -0.4 is 11.1 Å². The van der Waals surface area contributed by atoms with Crippen LogP contribution in [-0.2, 0) is 11.3 Å². The van der Waals surface area contributed by atoms with Gasteiger partial charge in [0.1, 0.15) is 12.6 Å². The van der Waals surface area contributed by atoms with Crippen LogP contribution in [0.3, 0.4) is 0 Å². The number of hydrogen-bond acceptors (Lipinski definition) is 7. The molecule has 0 aliphatic heterocycles. The van der Waals surface area contributed by atoms with Gasteiger partial charge in [-0.2, -0.15) is 0 Å². The summed E-state index contributed by atoms with van der Waals surface area (Å²) in [5, 5.41) is 12.8. The number of nitrogens with zero attached hydrogens (tertiary/aromatic N) is 3. The number of aromatic nitrogens is 3. The Morgan fingerprint density at radius 2 is 1.54 bits per heavy atom. The Morgan fingerprint density at radius 1 is 0.811 bits per heavy atom. The van der Waals surface area contributed by atoms with E-state index in [-0.39, 0.29) is 0 Å². The summed E-state index contributed by atoms with van der Waals surface area (Å²) in [5.41, 5.74) is 11.1. The number of benzene rings is 2. The summed E-state index contributed by atoms with van der Waals surface area (Å²) >= 11 is 0. The molecule has 0 saturated carbocycles. The van der Waals surface area contributed by atoms with E-state index in [0.29, 0.717) is 6.54 Å². The lowest BCUT2D eigenvalue weighted by molar-refractivity contribution is -0.0979. The zero-order valence-corrected chi connectivity index (χ0v) is 21.4. The van der Waals surface area contributed by atoms with E-state index >= 15 is 0 Å². The molecule has 190 valence electrons. The molecule has 7 heteroatoms. The predicted octanol–water partition coefficient (Wildman–Crippen LogP) is 5.28. The first-order chi connectivity index (χ1) is 18.3. The van der Waals surface area contributed by atoms with Crippen molar-refractivity contribution >= 4 is 23.4 Å². The smallest absolute Gasteiger partial charge is 0.134 e. The Morgan fingerprint density at radius 3 is 2.22 bits per heavy atom. The minimum atomic E-state index is 0.609. The lowest BCUT2D eigenvalue weighted by Crippen LogP contribution is -2.04. The molecule has 0 bridgehead atoms. The minimum Gasteiger partial charge on any atom is -0.400 e. The number of anilines is 1. The summed E-state index contributed by atoms with van der Waals surface area (Å²) < 4.78 is 0. The maximum Gasteiger partial charge on any atom is 0.134 e. The fourth-order valence-electron chi connectivity index (χ4n) is 3.90. The molecule has 3 aromatic heterocycles. The molecule has 0 unspecified atom stereocenters. The predicted molar refractivity (Wildman–Crippen MR) is 152 cm³/mol. The summed E-state index contributed by atoms with van der Waals surface area (Å²) in [6.07, 6.45) is 7.52. The normalized spacial score (nSPS) is 9.54. The molecule has 0 atom stereocenters. The van der Waals surface area contributed by atoms with Crippen molar-refractivity contribution in [3.8, 4) is 22.3 Å². The van der Waals surface area contributed by atoms with E-state index in [1.165, 1.54) is 7.05 Å². The molecule has 0 aliphatic carbocycles. The zero-order chi connectivity index (χ0) is 27.0. The van der Waals surface area contributed by atoms with Gasteiger partial charge in [0.2, 0.25) is 0 Å². The van der Waals surface area contributed by atoms with Gasteiger partial charge in [0.05, 0.1) is 12.2 Å². The molecule has 0 spiro atoms. The number of carbonyl (C=O) groups is 1. The molecule has 37 heavy (non-hydrogen) atoms. The third-order valence-corrected chi connectivity index (χ3v) is 5.35. The van der Waals surface area contributed by atoms with Crippen LogP contribution in [-0.4, -0.2) is 41.0 Å². The summed E-state index contributed by atoms with van der Waals surface area (Å²) in [6, 6.07) is 25.0. The topological polar surface area (TPSA) is 114 Å². The number of pyridine rings is 3. The average Bonchev–Trinajstić information content (AvgIpc) is 2.99. The average molecular weight is 496 g/mol. The summed E-state index contributed by atoms with van der Waals surface area (Å²) in [7, 11) is 2.50. The Labute approximate surface area is 218 Å². The SMILES string of the molecule is C=O.CN.CO.Cc1cncc(-c2cnc(NCc3ccccn3)c3c(-c4ccccc4)cccc23)c1. The highest BCUT2D eigenvalue weighted by Crippen LogP contribution is 2.38. The Hall–Kier alpha value is -4.46. The summed E-state index contributed by atoms with van der Waals surface area (Å²) in [6.45, 7) is 4.67. The third-order valence-electron chi connectivity index (χ3n) is 5.35. The minimum absolute atomic E-state index is 0.609. The van der Waals surface area contributed by atoms with E-state index in [9.17, 15) is 0 Å². The van der Waals surface area contributed by atoms with Gasteiger partial charge in [-0.3, -0.25) is 9.97 Å². The van der Waals surface area contributed by atoms with Crippen LogP contribution in [0.5, 0.6) is 0 Å². The fourth-order valence-corrected chi connectivity index (χ4v) is 3.90. The van der Waals surface area contributed by atoms with Gasteiger partial charge in [-0.1, -0.05) is 54.6 Å². The van der Waals surface area contributed by atoms with E-state index < -0.39 is 0 Å². The van der Waals surface area contributed by atoms with Crippen molar-refractivity contribution < 1.29 is 9.90 Å².